The zero-order chi connectivity index (χ0) is 14.5. The number of esters is 1. The number of carbonyl (C=O) groups excluding carboxylic acids is 1. The van der Waals surface area contributed by atoms with E-state index in [9.17, 15) is 14.3 Å². The van der Waals surface area contributed by atoms with Gasteiger partial charge in [0.15, 0.2) is 0 Å². The van der Waals surface area contributed by atoms with Crippen molar-refractivity contribution in [1.29, 1.82) is 0 Å². The van der Waals surface area contributed by atoms with Crippen molar-refractivity contribution in [1.82, 2.24) is 0 Å². The summed E-state index contributed by atoms with van der Waals surface area (Å²) in [7, 11) is -2.41. The van der Waals surface area contributed by atoms with E-state index >= 15 is 0 Å². The Bertz CT molecular complexity index is 486. The van der Waals surface area contributed by atoms with Gasteiger partial charge in [-0.3, -0.25) is 4.57 Å². The minimum atomic E-state index is -3.70. The molecule has 1 aromatic carbocycles. The van der Waals surface area contributed by atoms with Crippen molar-refractivity contribution in [2.75, 3.05) is 7.11 Å². The van der Waals surface area contributed by atoms with Gasteiger partial charge < -0.3 is 14.2 Å². The molecule has 0 saturated carbocycles. The molecular weight excluding hydrogens is 267 g/mol. The first-order valence-electron chi connectivity index (χ1n) is 6.05. The Balaban J connectivity index is 2.82. The van der Waals surface area contributed by atoms with E-state index in [2.05, 4.69) is 4.74 Å². The Labute approximate surface area is 113 Å². The highest BCUT2D eigenvalue weighted by atomic mass is 31.2. The molecule has 0 radical (unpaired) electrons. The third-order valence-corrected chi connectivity index (χ3v) is 4.10. The van der Waals surface area contributed by atoms with Crippen molar-refractivity contribution >= 4 is 13.6 Å². The molecule has 0 aromatic heterocycles. The Morgan fingerprint density at radius 3 is 2.74 bits per heavy atom. The van der Waals surface area contributed by atoms with Gasteiger partial charge in [-0.1, -0.05) is 19.1 Å². The molecule has 2 atom stereocenters. The van der Waals surface area contributed by atoms with E-state index < -0.39 is 13.6 Å². The first-order chi connectivity index (χ1) is 8.88. The summed E-state index contributed by atoms with van der Waals surface area (Å²) in [4.78, 5) is 21.1. The molecule has 0 bridgehead atoms. The van der Waals surface area contributed by atoms with Crippen molar-refractivity contribution in [2.24, 2.45) is 0 Å². The number of ether oxygens (including phenoxy) is 1. The van der Waals surface area contributed by atoms with Crippen molar-refractivity contribution in [3.05, 3.63) is 35.4 Å². The lowest BCUT2D eigenvalue weighted by Crippen LogP contribution is -2.06. The number of hydrogen-bond donors (Lipinski definition) is 1. The van der Waals surface area contributed by atoms with Crippen LogP contribution in [0.25, 0.3) is 0 Å². The Morgan fingerprint density at radius 1 is 1.47 bits per heavy atom. The maximum Gasteiger partial charge on any atom is 0.337 e. The van der Waals surface area contributed by atoms with Crippen LogP contribution in [0.4, 0.5) is 0 Å². The molecule has 1 N–H and O–H groups in total. The van der Waals surface area contributed by atoms with Crippen LogP contribution in [0, 0.1) is 0 Å². The van der Waals surface area contributed by atoms with Gasteiger partial charge >= 0.3 is 13.6 Å². The van der Waals surface area contributed by atoms with Gasteiger partial charge in [-0.05, 0) is 31.0 Å². The number of hydrogen-bond acceptors (Lipinski definition) is 4. The second kappa shape index (κ2) is 6.85. The lowest BCUT2D eigenvalue weighted by Gasteiger charge is -2.16. The average Bonchev–Trinajstić information content (AvgIpc) is 2.36. The monoisotopic (exact) mass is 286 g/mol. The first-order valence-corrected chi connectivity index (χ1v) is 7.81. The van der Waals surface area contributed by atoms with Gasteiger partial charge in [-0.2, -0.15) is 0 Å². The van der Waals surface area contributed by atoms with E-state index in [1.165, 1.54) is 13.2 Å². The fraction of sp³-hybridized carbons (Fsp3) is 0.462. The summed E-state index contributed by atoms with van der Waals surface area (Å²) >= 11 is 0. The summed E-state index contributed by atoms with van der Waals surface area (Å²) in [6.07, 6.45) is 0.259. The summed E-state index contributed by atoms with van der Waals surface area (Å²) in [6, 6.07) is 6.45. The van der Waals surface area contributed by atoms with Gasteiger partial charge in [0, 0.05) is 0 Å². The van der Waals surface area contributed by atoms with Gasteiger partial charge in [-0.15, -0.1) is 0 Å². The zero-order valence-corrected chi connectivity index (χ0v) is 12.2. The third kappa shape index (κ3) is 5.15. The predicted octanol–water partition coefficient (Wildman–Crippen LogP) is 2.97. The van der Waals surface area contributed by atoms with Gasteiger partial charge in [0.2, 0.25) is 0 Å². The molecule has 0 aliphatic rings. The van der Waals surface area contributed by atoms with E-state index in [1.807, 2.05) is 6.92 Å². The van der Waals surface area contributed by atoms with E-state index in [4.69, 9.17) is 4.52 Å². The lowest BCUT2D eigenvalue weighted by molar-refractivity contribution is 0.0600. The largest absolute Gasteiger partial charge is 0.465 e. The molecule has 0 aliphatic heterocycles. The maximum atomic E-state index is 11.9. The molecule has 1 aromatic rings. The fourth-order valence-electron chi connectivity index (χ4n) is 1.54. The molecular formula is C13H19O5P. The summed E-state index contributed by atoms with van der Waals surface area (Å²) in [5, 5.41) is 0. The van der Waals surface area contributed by atoms with Crippen LogP contribution in [0.1, 0.15) is 36.2 Å². The van der Waals surface area contributed by atoms with Gasteiger partial charge in [0.1, 0.15) is 0 Å². The third-order valence-electron chi connectivity index (χ3n) is 2.65. The summed E-state index contributed by atoms with van der Waals surface area (Å²) < 4.78 is 21.6. The molecule has 0 saturated heterocycles. The smallest absolute Gasteiger partial charge is 0.337 e. The zero-order valence-electron chi connectivity index (χ0n) is 11.3. The van der Waals surface area contributed by atoms with E-state index in [-0.39, 0.29) is 12.3 Å². The highest BCUT2D eigenvalue weighted by molar-refractivity contribution is 7.51. The quantitative estimate of drug-likeness (QED) is 0.643. The van der Waals surface area contributed by atoms with E-state index in [0.717, 1.165) is 0 Å². The first kappa shape index (κ1) is 15.9. The summed E-state index contributed by atoms with van der Waals surface area (Å²) in [5.74, 6) is -0.475. The van der Waals surface area contributed by atoms with Gasteiger partial charge in [0.05, 0.1) is 24.9 Å². The number of benzene rings is 1. The average molecular weight is 286 g/mol. The van der Waals surface area contributed by atoms with Crippen LogP contribution in [0.15, 0.2) is 24.3 Å². The minimum Gasteiger partial charge on any atom is -0.465 e. The molecule has 19 heavy (non-hydrogen) atoms. The molecule has 6 heteroatoms. The fourth-order valence-corrected chi connectivity index (χ4v) is 2.98. The van der Waals surface area contributed by atoms with Crippen LogP contribution in [0.5, 0.6) is 0 Å². The van der Waals surface area contributed by atoms with Gasteiger partial charge in [-0.25, -0.2) is 4.79 Å². The van der Waals surface area contributed by atoms with Crippen molar-refractivity contribution in [3.8, 4) is 0 Å². The molecule has 0 heterocycles. The van der Waals surface area contributed by atoms with Crippen molar-refractivity contribution < 1.29 is 23.5 Å². The second-order valence-electron chi connectivity index (χ2n) is 4.31. The van der Waals surface area contributed by atoms with Gasteiger partial charge in [0.25, 0.3) is 0 Å². The number of rotatable bonds is 6. The highest BCUT2D eigenvalue weighted by Gasteiger charge is 2.23. The van der Waals surface area contributed by atoms with Crippen molar-refractivity contribution in [2.45, 2.75) is 32.5 Å². The summed E-state index contributed by atoms with van der Waals surface area (Å²) in [6.45, 7) is 3.62. The topological polar surface area (TPSA) is 72.8 Å². The van der Waals surface area contributed by atoms with Crippen molar-refractivity contribution in [3.63, 3.8) is 0 Å². The summed E-state index contributed by atoms with van der Waals surface area (Å²) in [5.41, 5.74) is 0.917. The molecule has 5 nitrogen and oxygen atoms in total. The Hall–Kier alpha value is -1.16. The molecule has 0 fully saturated rings. The van der Waals surface area contributed by atoms with Crippen LogP contribution in [-0.2, 0) is 20.0 Å². The molecule has 0 amide bonds. The number of methoxy groups -OCH3 is 1. The molecule has 0 spiro atoms. The molecule has 0 aliphatic carbocycles. The van der Waals surface area contributed by atoms with E-state index in [0.29, 0.717) is 17.5 Å². The van der Waals surface area contributed by atoms with Crippen LogP contribution < -0.4 is 0 Å². The Morgan fingerprint density at radius 2 is 2.16 bits per heavy atom. The number of carbonyl (C=O) groups is 1. The standard InChI is InChI=1S/C13H19O5P/c1-4-10(2)18-19(15,16)9-11-6-5-7-12(8-11)13(14)17-3/h5-8,10H,4,9H2,1-3H3,(H,15,16). The minimum absolute atomic E-state index is 0.123. The lowest BCUT2D eigenvalue weighted by atomic mass is 10.1. The normalized spacial score (nSPS) is 15.6. The van der Waals surface area contributed by atoms with Crippen LogP contribution in [0.3, 0.4) is 0 Å². The van der Waals surface area contributed by atoms with E-state index in [1.54, 1.807) is 25.1 Å². The SMILES string of the molecule is CCC(C)OP(=O)(O)Cc1cccc(C(=O)OC)c1. The molecule has 2 unspecified atom stereocenters. The molecule has 106 valence electrons. The predicted molar refractivity (Wildman–Crippen MR) is 72.1 cm³/mol. The molecule has 1 rings (SSSR count). The maximum absolute atomic E-state index is 11.9. The van der Waals surface area contributed by atoms with Crippen LogP contribution in [-0.4, -0.2) is 24.1 Å². The van der Waals surface area contributed by atoms with Crippen LogP contribution >= 0.6 is 7.60 Å². The second-order valence-corrected chi connectivity index (χ2v) is 6.11. The van der Waals surface area contributed by atoms with Crippen LogP contribution in [0.2, 0.25) is 0 Å². The Kier molecular flexibility index (Phi) is 5.73. The highest BCUT2D eigenvalue weighted by Crippen LogP contribution is 2.47.